The van der Waals surface area contributed by atoms with Gasteiger partial charge in [0, 0.05) is 28.8 Å². The first kappa shape index (κ1) is 13.5. The van der Waals surface area contributed by atoms with E-state index in [9.17, 15) is 9.00 Å². The lowest BCUT2D eigenvalue weighted by Crippen LogP contribution is -2.28. The smallest absolute Gasteiger partial charge is 0.239 e. The van der Waals surface area contributed by atoms with Gasteiger partial charge in [-0.05, 0) is 19.1 Å². The number of hydrogen-bond donors (Lipinski definition) is 2. The highest BCUT2D eigenvalue weighted by Gasteiger charge is 2.17. The van der Waals surface area contributed by atoms with Crippen LogP contribution in [0.1, 0.15) is 6.92 Å². The average molecular weight is 256 g/mol. The standard InChI is InChI=1S/C11H16N2O3S/c1-7(17(3)15)11(14)13-9-5-4-8(12)6-10(9)16-2/h4-7H,12H2,1-3H3,(H,13,14). The molecule has 0 saturated heterocycles. The summed E-state index contributed by atoms with van der Waals surface area (Å²) in [7, 11) is 0.287. The van der Waals surface area contributed by atoms with Crippen molar-refractivity contribution in [3.05, 3.63) is 18.2 Å². The molecule has 0 aliphatic rings. The number of benzene rings is 1. The van der Waals surface area contributed by atoms with E-state index in [1.807, 2.05) is 0 Å². The minimum Gasteiger partial charge on any atom is -0.494 e. The highest BCUT2D eigenvalue weighted by atomic mass is 32.2. The molecule has 3 N–H and O–H groups in total. The van der Waals surface area contributed by atoms with Gasteiger partial charge in [-0.25, -0.2) is 0 Å². The summed E-state index contributed by atoms with van der Waals surface area (Å²) >= 11 is 0. The zero-order chi connectivity index (χ0) is 13.0. The second kappa shape index (κ2) is 5.67. The van der Waals surface area contributed by atoms with Gasteiger partial charge >= 0.3 is 0 Å². The van der Waals surface area contributed by atoms with Gasteiger partial charge in [-0.1, -0.05) is 0 Å². The number of carbonyl (C=O) groups excluding carboxylic acids is 1. The van der Waals surface area contributed by atoms with Crippen molar-refractivity contribution in [2.45, 2.75) is 12.2 Å². The Bertz CT molecular complexity index is 448. The van der Waals surface area contributed by atoms with Crippen LogP contribution in [0.25, 0.3) is 0 Å². The van der Waals surface area contributed by atoms with Gasteiger partial charge in [0.05, 0.1) is 12.8 Å². The first-order valence-electron chi connectivity index (χ1n) is 5.02. The number of amides is 1. The van der Waals surface area contributed by atoms with Crippen LogP contribution in [0.15, 0.2) is 18.2 Å². The molecule has 94 valence electrons. The molecule has 2 unspecified atom stereocenters. The Hall–Kier alpha value is -1.56. The van der Waals surface area contributed by atoms with Gasteiger partial charge in [-0.3, -0.25) is 9.00 Å². The van der Waals surface area contributed by atoms with Crippen LogP contribution in [-0.4, -0.2) is 28.7 Å². The number of anilines is 2. The topological polar surface area (TPSA) is 81.4 Å². The summed E-state index contributed by atoms with van der Waals surface area (Å²) < 4.78 is 16.3. The summed E-state index contributed by atoms with van der Waals surface area (Å²) in [5, 5.41) is 2.09. The van der Waals surface area contributed by atoms with Gasteiger partial charge < -0.3 is 15.8 Å². The molecule has 17 heavy (non-hydrogen) atoms. The van der Waals surface area contributed by atoms with Crippen LogP contribution in [0.5, 0.6) is 5.75 Å². The molecule has 0 aliphatic heterocycles. The van der Waals surface area contributed by atoms with Gasteiger partial charge in [0.25, 0.3) is 0 Å². The summed E-state index contributed by atoms with van der Waals surface area (Å²) in [6, 6.07) is 4.92. The number of methoxy groups -OCH3 is 1. The summed E-state index contributed by atoms with van der Waals surface area (Å²) in [4.78, 5) is 11.7. The molecule has 0 fully saturated rings. The molecule has 0 heterocycles. The van der Waals surface area contributed by atoms with E-state index >= 15 is 0 Å². The zero-order valence-electron chi connectivity index (χ0n) is 10.0. The van der Waals surface area contributed by atoms with Crippen molar-refractivity contribution in [1.82, 2.24) is 0 Å². The fraction of sp³-hybridized carbons (Fsp3) is 0.364. The molecule has 5 nitrogen and oxygen atoms in total. The number of nitrogens with one attached hydrogen (secondary N) is 1. The third-order valence-corrected chi connectivity index (χ3v) is 3.56. The Morgan fingerprint density at radius 1 is 1.53 bits per heavy atom. The summed E-state index contributed by atoms with van der Waals surface area (Å²) in [6.45, 7) is 1.61. The minimum atomic E-state index is -1.20. The number of carbonyl (C=O) groups is 1. The second-order valence-corrected chi connectivity index (χ2v) is 5.29. The van der Waals surface area contributed by atoms with E-state index in [1.165, 1.54) is 13.4 Å². The number of ether oxygens (including phenoxy) is 1. The molecule has 1 aromatic carbocycles. The van der Waals surface area contributed by atoms with Crippen molar-refractivity contribution < 1.29 is 13.7 Å². The third-order valence-electron chi connectivity index (χ3n) is 2.35. The quantitative estimate of drug-likeness (QED) is 0.787. The van der Waals surface area contributed by atoms with Crippen LogP contribution in [0.4, 0.5) is 11.4 Å². The molecular weight excluding hydrogens is 240 g/mol. The molecule has 0 aliphatic carbocycles. The molecule has 6 heteroatoms. The number of nitrogen functional groups attached to an aromatic ring is 1. The monoisotopic (exact) mass is 256 g/mol. The van der Waals surface area contributed by atoms with E-state index in [1.54, 1.807) is 25.1 Å². The molecule has 0 saturated carbocycles. The van der Waals surface area contributed by atoms with Gasteiger partial charge in [0.2, 0.25) is 5.91 Å². The Morgan fingerprint density at radius 3 is 2.71 bits per heavy atom. The number of rotatable bonds is 4. The molecule has 2 atom stereocenters. The van der Waals surface area contributed by atoms with Crippen LogP contribution in [-0.2, 0) is 15.6 Å². The number of hydrogen-bond acceptors (Lipinski definition) is 4. The summed E-state index contributed by atoms with van der Waals surface area (Å²) in [5.74, 6) is 0.168. The van der Waals surface area contributed by atoms with Crippen molar-refractivity contribution in [3.63, 3.8) is 0 Å². The van der Waals surface area contributed by atoms with Crippen LogP contribution in [0.2, 0.25) is 0 Å². The second-order valence-electron chi connectivity index (χ2n) is 3.59. The molecule has 0 radical (unpaired) electrons. The summed E-state index contributed by atoms with van der Waals surface area (Å²) in [5.41, 5.74) is 6.67. The molecule has 0 aromatic heterocycles. The average Bonchev–Trinajstić information content (AvgIpc) is 2.30. The molecule has 1 aromatic rings. The minimum absolute atomic E-state index is 0.311. The first-order valence-corrected chi connectivity index (χ1v) is 6.64. The Morgan fingerprint density at radius 2 is 2.18 bits per heavy atom. The molecular formula is C11H16N2O3S. The van der Waals surface area contributed by atoms with E-state index in [2.05, 4.69) is 5.32 Å². The van der Waals surface area contributed by atoms with Crippen LogP contribution in [0, 0.1) is 0 Å². The van der Waals surface area contributed by atoms with E-state index in [0.29, 0.717) is 17.1 Å². The maximum Gasteiger partial charge on any atom is 0.239 e. The lowest BCUT2D eigenvalue weighted by atomic mass is 10.2. The Labute approximate surface area is 103 Å². The maximum atomic E-state index is 11.7. The Kier molecular flexibility index (Phi) is 4.51. The van der Waals surface area contributed by atoms with Gasteiger partial charge in [0.15, 0.2) is 0 Å². The van der Waals surface area contributed by atoms with Crippen LogP contribution >= 0.6 is 0 Å². The van der Waals surface area contributed by atoms with Crippen molar-refractivity contribution in [2.24, 2.45) is 0 Å². The number of nitrogens with two attached hydrogens (primary N) is 1. The highest BCUT2D eigenvalue weighted by molar-refractivity contribution is 7.85. The fourth-order valence-electron chi connectivity index (χ4n) is 1.20. The normalized spacial score (nSPS) is 13.8. The highest BCUT2D eigenvalue weighted by Crippen LogP contribution is 2.26. The lowest BCUT2D eigenvalue weighted by Gasteiger charge is -2.13. The summed E-state index contributed by atoms with van der Waals surface area (Å²) in [6.07, 6.45) is 1.49. The SMILES string of the molecule is COc1cc(N)ccc1NC(=O)C(C)S(C)=O. The molecule has 1 amide bonds. The van der Waals surface area contributed by atoms with E-state index in [4.69, 9.17) is 10.5 Å². The molecule has 0 spiro atoms. The van der Waals surface area contributed by atoms with Crippen LogP contribution in [0.3, 0.4) is 0 Å². The molecule has 1 rings (SSSR count). The van der Waals surface area contributed by atoms with E-state index in [-0.39, 0.29) is 5.91 Å². The van der Waals surface area contributed by atoms with Crippen molar-refractivity contribution in [3.8, 4) is 5.75 Å². The predicted molar refractivity (Wildman–Crippen MR) is 69.6 cm³/mol. The van der Waals surface area contributed by atoms with E-state index < -0.39 is 16.0 Å². The van der Waals surface area contributed by atoms with Gasteiger partial charge in [-0.15, -0.1) is 0 Å². The largest absolute Gasteiger partial charge is 0.494 e. The van der Waals surface area contributed by atoms with Crippen LogP contribution < -0.4 is 15.8 Å². The van der Waals surface area contributed by atoms with Crippen molar-refractivity contribution >= 4 is 28.1 Å². The maximum absolute atomic E-state index is 11.7. The third kappa shape index (κ3) is 3.45. The molecule has 0 bridgehead atoms. The van der Waals surface area contributed by atoms with Crippen molar-refractivity contribution in [1.29, 1.82) is 0 Å². The van der Waals surface area contributed by atoms with Crippen molar-refractivity contribution in [2.75, 3.05) is 24.4 Å². The predicted octanol–water partition coefficient (Wildman–Crippen LogP) is 0.983. The Balaban J connectivity index is 2.88. The van der Waals surface area contributed by atoms with Gasteiger partial charge in [0.1, 0.15) is 11.0 Å². The van der Waals surface area contributed by atoms with E-state index in [0.717, 1.165) is 0 Å². The first-order chi connectivity index (χ1) is 7.95. The van der Waals surface area contributed by atoms with Gasteiger partial charge in [-0.2, -0.15) is 0 Å². The zero-order valence-corrected chi connectivity index (χ0v) is 10.8. The fourth-order valence-corrected chi connectivity index (χ4v) is 1.56. The lowest BCUT2D eigenvalue weighted by molar-refractivity contribution is -0.115.